The van der Waals surface area contributed by atoms with Crippen LogP contribution >= 0.6 is 11.6 Å². The van der Waals surface area contributed by atoms with Crippen LogP contribution in [0.25, 0.3) is 0 Å². The number of aryl methyl sites for hydroxylation is 1. The Kier molecular flexibility index (Phi) is 35.2. The quantitative estimate of drug-likeness (QED) is 0.452. The zero-order chi connectivity index (χ0) is 23.0. The van der Waals surface area contributed by atoms with Gasteiger partial charge in [-0.2, -0.15) is 0 Å². The van der Waals surface area contributed by atoms with Gasteiger partial charge in [-0.3, -0.25) is 0 Å². The standard InChI is InChI=1S/C10H22.C7H7Cl.C4H10.C3H6O.C2H6/c1-4-6-8-10(3)9-7-5-2;1-6-3-2-4-7(8)5-6;1-4(2)3;1-3(2)4;1-2/h10H,4-9H2,1-3H3;2-5H,1H3;4H,1-3H3;1-2H3;1-2H3. The number of halogens is 1. The van der Waals surface area contributed by atoms with E-state index in [1.165, 1.54) is 57.9 Å². The smallest absolute Gasteiger partial charge is 0.126 e. The molecule has 0 bridgehead atoms. The molecule has 1 nitrogen and oxygen atoms in total. The van der Waals surface area contributed by atoms with Crippen molar-refractivity contribution in [3.05, 3.63) is 34.9 Å². The normalized spacial score (nSPS) is 8.93. The van der Waals surface area contributed by atoms with Crippen LogP contribution in [0.15, 0.2) is 24.3 Å². The van der Waals surface area contributed by atoms with Crippen molar-refractivity contribution in [2.75, 3.05) is 0 Å². The summed E-state index contributed by atoms with van der Waals surface area (Å²) in [4.78, 5) is 9.44. The van der Waals surface area contributed by atoms with Crippen LogP contribution in [0, 0.1) is 18.8 Å². The summed E-state index contributed by atoms with van der Waals surface area (Å²) in [5.41, 5.74) is 1.21. The summed E-state index contributed by atoms with van der Waals surface area (Å²) in [6.07, 6.45) is 8.44. The second kappa shape index (κ2) is 28.4. The van der Waals surface area contributed by atoms with Crippen molar-refractivity contribution in [1.29, 1.82) is 0 Å². The molecule has 0 fully saturated rings. The van der Waals surface area contributed by atoms with Crippen LogP contribution in [0.5, 0.6) is 0 Å². The van der Waals surface area contributed by atoms with Crippen molar-refractivity contribution >= 4 is 17.4 Å². The lowest BCUT2D eigenvalue weighted by molar-refractivity contribution is -0.114. The molecule has 0 atom stereocenters. The Hall–Kier alpha value is -0.820. The van der Waals surface area contributed by atoms with E-state index in [-0.39, 0.29) is 5.78 Å². The topological polar surface area (TPSA) is 17.1 Å². The first-order valence-electron chi connectivity index (χ1n) is 11.3. The van der Waals surface area contributed by atoms with Gasteiger partial charge in [-0.25, -0.2) is 0 Å². The highest BCUT2D eigenvalue weighted by Crippen LogP contribution is 2.14. The zero-order valence-electron chi connectivity index (χ0n) is 21.0. The summed E-state index contributed by atoms with van der Waals surface area (Å²) in [5.74, 6) is 1.97. The van der Waals surface area contributed by atoms with Crippen LogP contribution in [0.1, 0.15) is 113 Å². The van der Waals surface area contributed by atoms with Crippen molar-refractivity contribution in [1.82, 2.24) is 0 Å². The summed E-state index contributed by atoms with van der Waals surface area (Å²) in [6.45, 7) is 22.5. The molecule has 0 aromatic heterocycles. The average molecular weight is 415 g/mol. The molecule has 28 heavy (non-hydrogen) atoms. The molecule has 168 valence electrons. The van der Waals surface area contributed by atoms with Crippen molar-refractivity contribution in [3.63, 3.8) is 0 Å². The fourth-order valence-corrected chi connectivity index (χ4v) is 2.10. The first kappa shape index (κ1) is 34.7. The van der Waals surface area contributed by atoms with Crippen molar-refractivity contribution in [2.45, 2.75) is 115 Å². The summed E-state index contributed by atoms with van der Waals surface area (Å²) in [5, 5.41) is 0.810. The van der Waals surface area contributed by atoms with Crippen molar-refractivity contribution < 1.29 is 4.79 Å². The summed E-state index contributed by atoms with van der Waals surface area (Å²) < 4.78 is 0. The van der Waals surface area contributed by atoms with Gasteiger partial charge in [0, 0.05) is 5.02 Å². The average Bonchev–Trinajstić information content (AvgIpc) is 2.59. The number of benzene rings is 1. The molecule has 1 aromatic rings. The van der Waals surface area contributed by atoms with E-state index in [1.54, 1.807) is 0 Å². The number of carbonyl (C=O) groups excluding carboxylic acids is 1. The van der Waals surface area contributed by atoms with Gasteiger partial charge in [0.15, 0.2) is 0 Å². The van der Waals surface area contributed by atoms with E-state index in [9.17, 15) is 4.79 Å². The fourth-order valence-electron chi connectivity index (χ4n) is 1.86. The third kappa shape index (κ3) is 49.9. The Morgan fingerprint density at radius 2 is 1.29 bits per heavy atom. The van der Waals surface area contributed by atoms with Gasteiger partial charge in [0.2, 0.25) is 0 Å². The molecular formula is C26H51ClO. The van der Waals surface area contributed by atoms with E-state index in [2.05, 4.69) is 41.5 Å². The van der Waals surface area contributed by atoms with Gasteiger partial charge >= 0.3 is 0 Å². The first-order chi connectivity index (χ1) is 13.1. The molecule has 0 N–H and O–H groups in total. The van der Waals surface area contributed by atoms with Gasteiger partial charge < -0.3 is 4.79 Å². The van der Waals surface area contributed by atoms with Crippen molar-refractivity contribution in [2.24, 2.45) is 11.8 Å². The number of rotatable bonds is 6. The van der Waals surface area contributed by atoms with Crippen molar-refractivity contribution in [3.8, 4) is 0 Å². The summed E-state index contributed by atoms with van der Waals surface area (Å²) >= 11 is 5.64. The lowest BCUT2D eigenvalue weighted by Gasteiger charge is -2.08. The molecule has 1 rings (SSSR count). The van der Waals surface area contributed by atoms with E-state index < -0.39 is 0 Å². The summed E-state index contributed by atoms with van der Waals surface area (Å²) in [6, 6.07) is 7.76. The Morgan fingerprint density at radius 1 is 0.929 bits per heavy atom. The SMILES string of the molecule is CC.CC(C)=O.CC(C)C.CCCCC(C)CCCC.Cc1cccc(Cl)c1. The van der Waals surface area contributed by atoms with Crippen LogP contribution in [-0.2, 0) is 4.79 Å². The molecule has 0 aliphatic carbocycles. The van der Waals surface area contributed by atoms with Crippen LogP contribution < -0.4 is 0 Å². The Bertz CT molecular complexity index is 381. The van der Waals surface area contributed by atoms with Gasteiger partial charge in [0.05, 0.1) is 0 Å². The van der Waals surface area contributed by atoms with E-state index in [4.69, 9.17) is 11.6 Å². The zero-order valence-corrected chi connectivity index (χ0v) is 21.7. The number of carbonyl (C=O) groups is 1. The van der Waals surface area contributed by atoms with Gasteiger partial charge in [0.1, 0.15) is 5.78 Å². The van der Waals surface area contributed by atoms with Crippen LogP contribution in [0.2, 0.25) is 5.02 Å². The minimum atomic E-state index is 0.167. The minimum Gasteiger partial charge on any atom is -0.300 e. The second-order valence-corrected chi connectivity index (χ2v) is 8.27. The molecular weight excluding hydrogens is 364 g/mol. The number of hydrogen-bond donors (Lipinski definition) is 0. The highest BCUT2D eigenvalue weighted by atomic mass is 35.5. The van der Waals surface area contributed by atoms with Crippen LogP contribution in [-0.4, -0.2) is 5.78 Å². The molecule has 0 heterocycles. The van der Waals surface area contributed by atoms with E-state index in [1.807, 2.05) is 45.0 Å². The monoisotopic (exact) mass is 414 g/mol. The maximum atomic E-state index is 9.44. The molecule has 0 saturated heterocycles. The molecule has 0 saturated carbocycles. The third-order valence-electron chi connectivity index (χ3n) is 3.08. The van der Waals surface area contributed by atoms with E-state index >= 15 is 0 Å². The number of ketones is 1. The largest absolute Gasteiger partial charge is 0.300 e. The maximum absolute atomic E-state index is 9.44. The predicted octanol–water partition coefficient (Wildman–Crippen LogP) is 9.94. The van der Waals surface area contributed by atoms with Crippen LogP contribution in [0.4, 0.5) is 0 Å². The Morgan fingerprint density at radius 3 is 1.50 bits per heavy atom. The molecule has 0 amide bonds. The third-order valence-corrected chi connectivity index (χ3v) is 3.32. The lowest BCUT2D eigenvalue weighted by atomic mass is 9.98. The number of hydrogen-bond acceptors (Lipinski definition) is 1. The highest BCUT2D eigenvalue weighted by Gasteiger charge is 1.98. The Labute approximate surface area is 183 Å². The lowest BCUT2D eigenvalue weighted by Crippen LogP contribution is -1.93. The molecule has 0 radical (unpaired) electrons. The maximum Gasteiger partial charge on any atom is 0.126 e. The molecule has 0 aliphatic rings. The van der Waals surface area contributed by atoms with E-state index in [0.717, 1.165) is 16.9 Å². The molecule has 2 heteroatoms. The molecule has 0 aliphatic heterocycles. The fraction of sp³-hybridized carbons (Fsp3) is 0.731. The first-order valence-corrected chi connectivity index (χ1v) is 11.6. The predicted molar refractivity (Wildman–Crippen MR) is 133 cm³/mol. The second-order valence-electron chi connectivity index (χ2n) is 7.83. The highest BCUT2D eigenvalue weighted by molar-refractivity contribution is 6.30. The van der Waals surface area contributed by atoms with Gasteiger partial charge in [-0.15, -0.1) is 0 Å². The van der Waals surface area contributed by atoms with Gasteiger partial charge in [-0.1, -0.05) is 118 Å². The number of Topliss-reactive ketones (excluding diaryl/α,β-unsaturated/α-hetero) is 1. The van der Waals surface area contributed by atoms with Gasteiger partial charge in [0.25, 0.3) is 0 Å². The molecule has 0 unspecified atom stereocenters. The Balaban J connectivity index is -0.000000143. The molecule has 1 aromatic carbocycles. The van der Waals surface area contributed by atoms with E-state index in [0.29, 0.717) is 0 Å². The number of unbranched alkanes of at least 4 members (excludes halogenated alkanes) is 2. The van der Waals surface area contributed by atoms with Gasteiger partial charge in [-0.05, 0) is 50.3 Å². The molecule has 0 spiro atoms. The summed E-state index contributed by atoms with van der Waals surface area (Å²) in [7, 11) is 0. The van der Waals surface area contributed by atoms with Crippen LogP contribution in [0.3, 0.4) is 0 Å². The minimum absolute atomic E-state index is 0.167.